The molecule has 0 radical (unpaired) electrons. The molecular weight excluding hydrogens is 420 g/mol. The summed E-state index contributed by atoms with van der Waals surface area (Å²) >= 11 is 1.58. The summed E-state index contributed by atoms with van der Waals surface area (Å²) in [7, 11) is -3.25. The molecule has 30 heavy (non-hydrogen) atoms. The number of aromatic nitrogens is 1. The van der Waals surface area contributed by atoms with Crippen molar-refractivity contribution in [2.75, 3.05) is 12.8 Å². The molecule has 1 aliphatic rings. The molecule has 6 nitrogen and oxygen atoms in total. The first-order valence-corrected chi connectivity index (χ1v) is 13.0. The van der Waals surface area contributed by atoms with Crippen LogP contribution in [-0.4, -0.2) is 48.2 Å². The van der Waals surface area contributed by atoms with Crippen LogP contribution in [0.2, 0.25) is 0 Å². The lowest BCUT2D eigenvalue weighted by Gasteiger charge is -2.37. The average molecular weight is 451 g/mol. The van der Waals surface area contributed by atoms with E-state index in [0.29, 0.717) is 23.4 Å². The molecule has 0 saturated carbocycles. The maximum Gasteiger partial charge on any atom is 0.254 e. The lowest BCUT2D eigenvalue weighted by molar-refractivity contribution is 0.0604. The molecule has 0 aliphatic carbocycles. The van der Waals surface area contributed by atoms with E-state index in [1.807, 2.05) is 18.7 Å². The lowest BCUT2D eigenvalue weighted by Crippen LogP contribution is -2.45. The summed E-state index contributed by atoms with van der Waals surface area (Å²) in [5, 5.41) is 11.3. The molecule has 164 valence electrons. The minimum Gasteiger partial charge on any atom is -0.384 e. The predicted octanol–water partition coefficient (Wildman–Crippen LogP) is 3.63. The number of aliphatic hydroxyl groups is 1. The number of sulfone groups is 1. The van der Waals surface area contributed by atoms with Crippen molar-refractivity contribution in [1.82, 2.24) is 9.88 Å². The second-order valence-electron chi connectivity index (χ2n) is 8.82. The fraction of sp³-hybridized carbons (Fsp3) is 0.545. The second kappa shape index (κ2) is 8.40. The van der Waals surface area contributed by atoms with Gasteiger partial charge in [-0.3, -0.25) is 4.79 Å². The number of carbonyl (C=O) groups is 1. The molecule has 1 aliphatic heterocycles. The molecule has 1 amide bonds. The standard InChI is InChI=1S/C22H30N2O4S2/c1-14-10-11-16(20-23-19(15(2)29-20)22(3,4)26)12-24(14)21(25)18-9-7-6-8-17(18)13-30(5,27)28/h6-9,14,16,26H,10-13H2,1-5H3/t14-,16-/m1/s1. The van der Waals surface area contributed by atoms with Gasteiger partial charge in [0.1, 0.15) is 5.60 Å². The predicted molar refractivity (Wildman–Crippen MR) is 120 cm³/mol. The molecule has 2 aromatic rings. The van der Waals surface area contributed by atoms with Crippen molar-refractivity contribution in [3.05, 3.63) is 51.0 Å². The van der Waals surface area contributed by atoms with Gasteiger partial charge in [-0.25, -0.2) is 13.4 Å². The molecule has 8 heteroatoms. The van der Waals surface area contributed by atoms with Crippen LogP contribution in [0.3, 0.4) is 0 Å². The number of thiazole rings is 1. The molecule has 0 bridgehead atoms. The van der Waals surface area contributed by atoms with Gasteiger partial charge < -0.3 is 10.0 Å². The van der Waals surface area contributed by atoms with Crippen molar-refractivity contribution in [3.63, 3.8) is 0 Å². The topological polar surface area (TPSA) is 87.6 Å². The quantitative estimate of drug-likeness (QED) is 0.752. The van der Waals surface area contributed by atoms with Gasteiger partial charge >= 0.3 is 0 Å². The summed E-state index contributed by atoms with van der Waals surface area (Å²) in [5.41, 5.74) is 0.676. The van der Waals surface area contributed by atoms with E-state index in [-0.39, 0.29) is 23.6 Å². The Bertz CT molecular complexity index is 1040. The molecule has 2 atom stereocenters. The van der Waals surface area contributed by atoms with Crippen LogP contribution in [-0.2, 0) is 21.2 Å². The molecule has 0 spiro atoms. The lowest BCUT2D eigenvalue weighted by atomic mass is 9.92. The number of carbonyl (C=O) groups excluding carboxylic acids is 1. The van der Waals surface area contributed by atoms with Crippen LogP contribution in [0, 0.1) is 6.92 Å². The molecule has 1 saturated heterocycles. The highest BCUT2D eigenvalue weighted by Gasteiger charge is 2.34. The molecule has 2 heterocycles. The Kier molecular flexibility index (Phi) is 6.41. The van der Waals surface area contributed by atoms with Crippen LogP contribution in [0.1, 0.15) is 71.0 Å². The highest BCUT2D eigenvalue weighted by Crippen LogP contribution is 2.36. The summed E-state index contributed by atoms with van der Waals surface area (Å²) in [4.78, 5) is 20.9. The third kappa shape index (κ3) is 5.10. The highest BCUT2D eigenvalue weighted by molar-refractivity contribution is 7.89. The van der Waals surface area contributed by atoms with Gasteiger partial charge in [0.05, 0.1) is 16.5 Å². The minimum absolute atomic E-state index is 0.0647. The van der Waals surface area contributed by atoms with Gasteiger partial charge in [-0.15, -0.1) is 11.3 Å². The zero-order valence-corrected chi connectivity index (χ0v) is 19.8. The third-order valence-electron chi connectivity index (χ3n) is 5.55. The van der Waals surface area contributed by atoms with E-state index in [1.165, 1.54) is 6.26 Å². The molecule has 1 fully saturated rings. The molecule has 3 rings (SSSR count). The van der Waals surface area contributed by atoms with Crippen molar-refractivity contribution in [2.45, 2.75) is 63.9 Å². The number of nitrogens with zero attached hydrogens (tertiary/aromatic N) is 2. The van der Waals surface area contributed by atoms with Crippen LogP contribution in [0.25, 0.3) is 0 Å². The molecule has 1 aromatic heterocycles. The van der Waals surface area contributed by atoms with Crippen molar-refractivity contribution in [3.8, 4) is 0 Å². The minimum atomic E-state index is -3.25. The van der Waals surface area contributed by atoms with E-state index in [9.17, 15) is 18.3 Å². The van der Waals surface area contributed by atoms with Crippen LogP contribution >= 0.6 is 11.3 Å². The number of amides is 1. The summed E-state index contributed by atoms with van der Waals surface area (Å²) in [6, 6.07) is 7.01. The number of likely N-dealkylation sites (tertiary alicyclic amines) is 1. The van der Waals surface area contributed by atoms with Crippen LogP contribution in [0.4, 0.5) is 0 Å². The number of rotatable bonds is 5. The number of hydrogen-bond acceptors (Lipinski definition) is 6. The summed E-state index contributed by atoms with van der Waals surface area (Å²) in [5.74, 6) is -0.185. The van der Waals surface area contributed by atoms with Crippen LogP contribution < -0.4 is 0 Å². The Morgan fingerprint density at radius 1 is 1.30 bits per heavy atom. The summed E-state index contributed by atoms with van der Waals surface area (Å²) in [6.07, 6.45) is 2.95. The van der Waals surface area contributed by atoms with Gasteiger partial charge in [-0.1, -0.05) is 18.2 Å². The first kappa shape index (κ1) is 22.9. The van der Waals surface area contributed by atoms with E-state index in [2.05, 4.69) is 0 Å². The van der Waals surface area contributed by atoms with Gasteiger partial charge in [0.15, 0.2) is 9.84 Å². The third-order valence-corrected chi connectivity index (χ3v) is 7.52. The SMILES string of the molecule is Cc1sc([C@@H]2CC[C@@H](C)N(C(=O)c3ccccc3CS(C)(=O)=O)C2)nc1C(C)(C)O. The summed E-state index contributed by atoms with van der Waals surface area (Å²) < 4.78 is 23.6. The first-order chi connectivity index (χ1) is 13.9. The molecule has 1 N–H and O–H groups in total. The Hall–Kier alpha value is -1.77. The monoisotopic (exact) mass is 450 g/mol. The van der Waals surface area contributed by atoms with Crippen molar-refractivity contribution < 1.29 is 18.3 Å². The van der Waals surface area contributed by atoms with Gasteiger partial charge in [0.25, 0.3) is 5.91 Å². The molecular formula is C22H30N2O4S2. The number of benzene rings is 1. The first-order valence-electron chi connectivity index (χ1n) is 10.1. The fourth-order valence-corrected chi connectivity index (χ4v) is 6.06. The number of hydrogen-bond donors (Lipinski definition) is 1. The van der Waals surface area contributed by atoms with E-state index in [4.69, 9.17) is 4.98 Å². The summed E-state index contributed by atoms with van der Waals surface area (Å²) in [6.45, 7) is 7.99. The normalized spacial score (nSPS) is 20.4. The van der Waals surface area contributed by atoms with Gasteiger partial charge in [-0.05, 0) is 52.2 Å². The van der Waals surface area contributed by atoms with Gasteiger partial charge in [-0.2, -0.15) is 0 Å². The van der Waals surface area contributed by atoms with Gasteiger partial charge in [0, 0.05) is 35.2 Å². The van der Waals surface area contributed by atoms with E-state index >= 15 is 0 Å². The maximum atomic E-state index is 13.4. The van der Waals surface area contributed by atoms with Crippen molar-refractivity contribution in [2.24, 2.45) is 0 Å². The average Bonchev–Trinajstić information content (AvgIpc) is 3.03. The second-order valence-corrected chi connectivity index (χ2v) is 12.2. The largest absolute Gasteiger partial charge is 0.384 e. The smallest absolute Gasteiger partial charge is 0.254 e. The number of aryl methyl sites for hydroxylation is 1. The maximum absolute atomic E-state index is 13.4. The Labute approximate surface area is 182 Å². The van der Waals surface area contributed by atoms with E-state index < -0.39 is 15.4 Å². The van der Waals surface area contributed by atoms with Crippen LogP contribution in [0.15, 0.2) is 24.3 Å². The fourth-order valence-electron chi connectivity index (χ4n) is 4.04. The van der Waals surface area contributed by atoms with Crippen LogP contribution in [0.5, 0.6) is 0 Å². The van der Waals surface area contributed by atoms with Crippen molar-refractivity contribution in [1.29, 1.82) is 0 Å². The van der Waals surface area contributed by atoms with E-state index in [1.54, 1.807) is 49.4 Å². The van der Waals surface area contributed by atoms with E-state index in [0.717, 1.165) is 22.7 Å². The Morgan fingerprint density at radius 3 is 2.57 bits per heavy atom. The zero-order chi connectivity index (χ0) is 22.3. The Balaban J connectivity index is 1.88. The zero-order valence-electron chi connectivity index (χ0n) is 18.2. The molecule has 0 unspecified atom stereocenters. The van der Waals surface area contributed by atoms with Gasteiger partial charge in [0.2, 0.25) is 0 Å². The number of piperidine rings is 1. The Morgan fingerprint density at radius 2 is 1.97 bits per heavy atom. The van der Waals surface area contributed by atoms with Crippen molar-refractivity contribution >= 4 is 27.1 Å². The highest BCUT2D eigenvalue weighted by atomic mass is 32.2. The molecule has 1 aromatic carbocycles.